The molecule has 1 N–H and O–H groups in total. The van der Waals surface area contributed by atoms with E-state index in [-0.39, 0.29) is 11.8 Å². The molecule has 1 heterocycles. The maximum absolute atomic E-state index is 11.9. The summed E-state index contributed by atoms with van der Waals surface area (Å²) in [7, 11) is 2.13. The number of nitrogens with one attached hydrogen (secondary N) is 1. The molecule has 0 aliphatic carbocycles. The zero-order chi connectivity index (χ0) is 13.8. The first-order valence-corrected chi connectivity index (χ1v) is 7.26. The Morgan fingerprint density at radius 1 is 1.37 bits per heavy atom. The molecule has 0 unspecified atom stereocenters. The zero-order valence-electron chi connectivity index (χ0n) is 12.2. The van der Waals surface area contributed by atoms with E-state index in [1.807, 2.05) is 0 Å². The maximum Gasteiger partial charge on any atom is 0.223 e. The van der Waals surface area contributed by atoms with E-state index in [2.05, 4.69) is 49.3 Å². The topological polar surface area (TPSA) is 32.3 Å². The second kappa shape index (κ2) is 6.09. The molecule has 0 saturated heterocycles. The molecule has 0 radical (unpaired) electrons. The van der Waals surface area contributed by atoms with E-state index < -0.39 is 0 Å². The van der Waals surface area contributed by atoms with Crippen LogP contribution in [0.1, 0.15) is 37.8 Å². The number of fused-ring (bicyclic) bond motifs is 1. The van der Waals surface area contributed by atoms with E-state index in [0.29, 0.717) is 6.54 Å². The van der Waals surface area contributed by atoms with Crippen LogP contribution >= 0.6 is 0 Å². The van der Waals surface area contributed by atoms with Gasteiger partial charge in [0.25, 0.3) is 0 Å². The van der Waals surface area contributed by atoms with Crippen molar-refractivity contribution >= 4 is 11.6 Å². The van der Waals surface area contributed by atoms with Crippen molar-refractivity contribution in [3.05, 3.63) is 29.3 Å². The number of likely N-dealkylation sites (N-methyl/N-ethyl adjacent to an activating group) is 1. The maximum atomic E-state index is 11.9. The van der Waals surface area contributed by atoms with E-state index in [1.165, 1.54) is 16.8 Å². The van der Waals surface area contributed by atoms with Gasteiger partial charge in [0.15, 0.2) is 0 Å². The van der Waals surface area contributed by atoms with Gasteiger partial charge in [0.2, 0.25) is 5.91 Å². The molecule has 0 bridgehead atoms. The van der Waals surface area contributed by atoms with Crippen molar-refractivity contribution in [1.82, 2.24) is 5.32 Å². The summed E-state index contributed by atoms with van der Waals surface area (Å²) in [6, 6.07) is 6.51. The van der Waals surface area contributed by atoms with E-state index in [0.717, 1.165) is 25.8 Å². The Morgan fingerprint density at radius 2 is 2.11 bits per heavy atom. The van der Waals surface area contributed by atoms with Crippen molar-refractivity contribution in [3.8, 4) is 0 Å². The van der Waals surface area contributed by atoms with Crippen LogP contribution in [0.5, 0.6) is 0 Å². The molecule has 3 heteroatoms. The highest BCUT2D eigenvalue weighted by Gasteiger charge is 2.16. The standard InChI is InChI=1S/C16H24N2O/c1-4-13(5-2)16(19)17-11-12-6-7-15-14(10-12)8-9-18(15)3/h6-7,10,13H,4-5,8-9,11H2,1-3H3,(H,17,19). The molecule has 0 spiro atoms. The number of amides is 1. The summed E-state index contributed by atoms with van der Waals surface area (Å²) in [5.41, 5.74) is 3.93. The van der Waals surface area contributed by atoms with Crippen LogP contribution in [0.25, 0.3) is 0 Å². The molecule has 3 nitrogen and oxygen atoms in total. The Balaban J connectivity index is 1.96. The highest BCUT2D eigenvalue weighted by molar-refractivity contribution is 5.78. The molecular weight excluding hydrogens is 236 g/mol. The minimum atomic E-state index is 0.153. The Kier molecular flexibility index (Phi) is 4.46. The quantitative estimate of drug-likeness (QED) is 0.883. The lowest BCUT2D eigenvalue weighted by Crippen LogP contribution is -2.29. The average Bonchev–Trinajstić information content (AvgIpc) is 2.79. The van der Waals surface area contributed by atoms with Crippen molar-refractivity contribution in [2.75, 3.05) is 18.5 Å². The number of hydrogen-bond donors (Lipinski definition) is 1. The molecular formula is C16H24N2O. The first-order valence-electron chi connectivity index (χ1n) is 7.26. The van der Waals surface area contributed by atoms with Crippen LogP contribution in [-0.2, 0) is 17.8 Å². The molecule has 2 rings (SSSR count). The zero-order valence-corrected chi connectivity index (χ0v) is 12.2. The fourth-order valence-corrected chi connectivity index (χ4v) is 2.72. The summed E-state index contributed by atoms with van der Waals surface area (Å²) in [5.74, 6) is 0.336. The molecule has 0 saturated carbocycles. The number of hydrogen-bond acceptors (Lipinski definition) is 2. The summed E-state index contributed by atoms with van der Waals surface area (Å²) in [6.07, 6.45) is 2.94. The Labute approximate surface area is 116 Å². The number of nitrogens with zero attached hydrogens (tertiary/aromatic N) is 1. The van der Waals surface area contributed by atoms with Crippen LogP contribution in [0.3, 0.4) is 0 Å². The molecule has 19 heavy (non-hydrogen) atoms. The van der Waals surface area contributed by atoms with Crippen molar-refractivity contribution in [2.45, 2.75) is 39.7 Å². The highest BCUT2D eigenvalue weighted by Crippen LogP contribution is 2.27. The fraction of sp³-hybridized carbons (Fsp3) is 0.562. The smallest absolute Gasteiger partial charge is 0.223 e. The van der Waals surface area contributed by atoms with Gasteiger partial charge in [-0.1, -0.05) is 26.0 Å². The lowest BCUT2D eigenvalue weighted by atomic mass is 10.0. The SMILES string of the molecule is CCC(CC)C(=O)NCc1ccc2c(c1)CCN2C. The van der Waals surface area contributed by atoms with Gasteiger partial charge in [-0.25, -0.2) is 0 Å². The molecule has 1 aliphatic heterocycles. The number of benzene rings is 1. The molecule has 1 aromatic rings. The highest BCUT2D eigenvalue weighted by atomic mass is 16.1. The largest absolute Gasteiger partial charge is 0.374 e. The van der Waals surface area contributed by atoms with Crippen LogP contribution in [0.15, 0.2) is 18.2 Å². The number of rotatable bonds is 5. The van der Waals surface area contributed by atoms with Gasteiger partial charge in [-0.05, 0) is 36.5 Å². The number of carbonyl (C=O) groups excluding carboxylic acids is 1. The molecule has 0 atom stereocenters. The summed E-state index contributed by atoms with van der Waals surface area (Å²) in [6.45, 7) is 5.88. The van der Waals surface area contributed by atoms with Gasteiger partial charge in [0.1, 0.15) is 0 Å². The van der Waals surface area contributed by atoms with Gasteiger partial charge in [0.05, 0.1) is 0 Å². The van der Waals surface area contributed by atoms with Crippen molar-refractivity contribution in [3.63, 3.8) is 0 Å². The van der Waals surface area contributed by atoms with Gasteiger partial charge in [0, 0.05) is 31.7 Å². The number of carbonyl (C=O) groups is 1. The third kappa shape index (κ3) is 3.09. The van der Waals surface area contributed by atoms with Crippen LogP contribution < -0.4 is 10.2 Å². The van der Waals surface area contributed by atoms with Gasteiger partial charge in [-0.2, -0.15) is 0 Å². The van der Waals surface area contributed by atoms with Crippen molar-refractivity contribution in [1.29, 1.82) is 0 Å². The molecule has 1 amide bonds. The van der Waals surface area contributed by atoms with E-state index in [9.17, 15) is 4.79 Å². The van der Waals surface area contributed by atoms with Crippen molar-refractivity contribution < 1.29 is 4.79 Å². The van der Waals surface area contributed by atoms with E-state index in [1.54, 1.807) is 0 Å². The second-order valence-electron chi connectivity index (χ2n) is 5.37. The molecule has 0 aromatic heterocycles. The van der Waals surface area contributed by atoms with Crippen LogP contribution in [-0.4, -0.2) is 19.5 Å². The summed E-state index contributed by atoms with van der Waals surface area (Å²) in [4.78, 5) is 14.2. The minimum absolute atomic E-state index is 0.153. The Morgan fingerprint density at radius 3 is 2.79 bits per heavy atom. The summed E-state index contributed by atoms with van der Waals surface area (Å²) < 4.78 is 0. The third-order valence-corrected chi connectivity index (χ3v) is 4.09. The predicted octanol–water partition coefficient (Wildman–Crippen LogP) is 2.73. The molecule has 1 aliphatic rings. The fourth-order valence-electron chi connectivity index (χ4n) is 2.72. The monoisotopic (exact) mass is 260 g/mol. The van der Waals surface area contributed by atoms with Gasteiger partial charge in [-0.15, -0.1) is 0 Å². The molecule has 104 valence electrons. The summed E-state index contributed by atoms with van der Waals surface area (Å²) in [5, 5.41) is 3.05. The summed E-state index contributed by atoms with van der Waals surface area (Å²) >= 11 is 0. The van der Waals surface area contributed by atoms with Crippen LogP contribution in [0.2, 0.25) is 0 Å². The van der Waals surface area contributed by atoms with E-state index in [4.69, 9.17) is 0 Å². The lowest BCUT2D eigenvalue weighted by Gasteiger charge is -2.14. The lowest BCUT2D eigenvalue weighted by molar-refractivity contribution is -0.125. The Bertz CT molecular complexity index is 452. The van der Waals surface area contributed by atoms with Crippen LogP contribution in [0.4, 0.5) is 5.69 Å². The average molecular weight is 260 g/mol. The number of anilines is 1. The molecule has 0 fully saturated rings. The van der Waals surface area contributed by atoms with E-state index >= 15 is 0 Å². The van der Waals surface area contributed by atoms with Crippen LogP contribution in [0, 0.1) is 5.92 Å². The minimum Gasteiger partial charge on any atom is -0.374 e. The third-order valence-electron chi connectivity index (χ3n) is 4.09. The molecule has 1 aromatic carbocycles. The first kappa shape index (κ1) is 13.9. The van der Waals surface area contributed by atoms with Gasteiger partial charge >= 0.3 is 0 Å². The normalized spacial score (nSPS) is 13.8. The van der Waals surface area contributed by atoms with Gasteiger partial charge < -0.3 is 10.2 Å². The van der Waals surface area contributed by atoms with Crippen molar-refractivity contribution in [2.24, 2.45) is 5.92 Å². The predicted molar refractivity (Wildman–Crippen MR) is 79.3 cm³/mol. The first-order chi connectivity index (χ1) is 9.15. The van der Waals surface area contributed by atoms with Gasteiger partial charge in [-0.3, -0.25) is 4.79 Å². The second-order valence-corrected chi connectivity index (χ2v) is 5.37. The Hall–Kier alpha value is -1.51.